The van der Waals surface area contributed by atoms with Gasteiger partial charge in [-0.05, 0) is 36.4 Å². The molecular weight excluding hydrogens is 391 g/mol. The van der Waals surface area contributed by atoms with Crippen molar-refractivity contribution in [1.82, 2.24) is 4.90 Å². The van der Waals surface area contributed by atoms with Gasteiger partial charge >= 0.3 is 0 Å². The average molecular weight is 411 g/mol. The summed E-state index contributed by atoms with van der Waals surface area (Å²) in [5, 5.41) is 0.669. The van der Waals surface area contributed by atoms with Gasteiger partial charge in [-0.15, -0.1) is 0 Å². The van der Waals surface area contributed by atoms with Gasteiger partial charge in [-0.1, -0.05) is 23.7 Å². The van der Waals surface area contributed by atoms with Crippen LogP contribution in [-0.4, -0.2) is 51.2 Å². The fourth-order valence-electron chi connectivity index (χ4n) is 3.04. The molecule has 0 aliphatic carbocycles. The van der Waals surface area contributed by atoms with E-state index in [-0.39, 0.29) is 23.0 Å². The van der Waals surface area contributed by atoms with E-state index in [0.29, 0.717) is 31.2 Å². The van der Waals surface area contributed by atoms with Crippen molar-refractivity contribution in [3.8, 4) is 0 Å². The molecule has 0 aromatic heterocycles. The first-order chi connectivity index (χ1) is 12.9. The lowest BCUT2D eigenvalue weighted by Gasteiger charge is -2.36. The van der Waals surface area contributed by atoms with Crippen LogP contribution >= 0.6 is 11.6 Å². The van der Waals surface area contributed by atoms with E-state index in [1.54, 1.807) is 4.90 Å². The number of carbonyl (C=O) groups excluding carboxylic acids is 1. The summed E-state index contributed by atoms with van der Waals surface area (Å²) in [7, 11) is -3.61. The van der Waals surface area contributed by atoms with Gasteiger partial charge in [0, 0.05) is 32.6 Å². The number of para-hydroxylation sites is 1. The summed E-state index contributed by atoms with van der Waals surface area (Å²) in [6, 6.07) is 12.2. The summed E-state index contributed by atoms with van der Waals surface area (Å²) in [5.41, 5.74) is 0.935. The number of carbonyl (C=O) groups is 1. The molecule has 1 fully saturated rings. The van der Waals surface area contributed by atoms with E-state index in [9.17, 15) is 17.6 Å². The van der Waals surface area contributed by atoms with Crippen molar-refractivity contribution >= 4 is 33.0 Å². The third-order valence-electron chi connectivity index (χ3n) is 4.58. The van der Waals surface area contributed by atoms with Gasteiger partial charge in [0.2, 0.25) is 5.91 Å². The number of amides is 1. The zero-order chi connectivity index (χ0) is 19.4. The largest absolute Gasteiger partial charge is 0.367 e. The van der Waals surface area contributed by atoms with Gasteiger partial charge in [-0.3, -0.25) is 4.79 Å². The van der Waals surface area contributed by atoms with Crippen LogP contribution in [0.1, 0.15) is 6.42 Å². The number of rotatable bonds is 5. The van der Waals surface area contributed by atoms with E-state index in [2.05, 4.69) is 4.90 Å². The fourth-order valence-corrected chi connectivity index (χ4v) is 4.53. The van der Waals surface area contributed by atoms with Crippen molar-refractivity contribution in [3.05, 3.63) is 59.4 Å². The van der Waals surface area contributed by atoms with Crippen LogP contribution in [0, 0.1) is 5.82 Å². The molecule has 0 N–H and O–H groups in total. The maximum atomic E-state index is 12.9. The molecule has 0 radical (unpaired) electrons. The maximum absolute atomic E-state index is 12.9. The lowest BCUT2D eigenvalue weighted by atomic mass is 10.2. The van der Waals surface area contributed by atoms with Crippen molar-refractivity contribution in [2.45, 2.75) is 11.3 Å². The Morgan fingerprint density at radius 1 is 1.00 bits per heavy atom. The number of hydrogen-bond acceptors (Lipinski definition) is 4. The highest BCUT2D eigenvalue weighted by Gasteiger charge is 2.24. The Bertz CT molecular complexity index is 911. The first-order valence-corrected chi connectivity index (χ1v) is 10.7. The lowest BCUT2D eigenvalue weighted by Crippen LogP contribution is -2.49. The quantitative estimate of drug-likeness (QED) is 0.711. The highest BCUT2D eigenvalue weighted by molar-refractivity contribution is 7.91. The second-order valence-corrected chi connectivity index (χ2v) is 8.86. The zero-order valence-corrected chi connectivity index (χ0v) is 16.2. The molecule has 27 heavy (non-hydrogen) atoms. The molecule has 0 spiro atoms. The monoisotopic (exact) mass is 410 g/mol. The summed E-state index contributed by atoms with van der Waals surface area (Å²) >= 11 is 6.21. The normalized spacial score (nSPS) is 15.0. The van der Waals surface area contributed by atoms with Gasteiger partial charge < -0.3 is 9.80 Å². The molecule has 0 bridgehead atoms. The van der Waals surface area contributed by atoms with Crippen molar-refractivity contribution in [3.63, 3.8) is 0 Å². The predicted octanol–water partition coefficient (Wildman–Crippen LogP) is 2.99. The maximum Gasteiger partial charge on any atom is 0.223 e. The molecule has 2 aromatic carbocycles. The Labute approximate surface area is 163 Å². The molecule has 8 heteroatoms. The average Bonchev–Trinajstić information content (AvgIpc) is 2.67. The van der Waals surface area contributed by atoms with Crippen molar-refractivity contribution < 1.29 is 17.6 Å². The number of nitrogens with zero attached hydrogens (tertiary/aromatic N) is 2. The Kier molecular flexibility index (Phi) is 6.01. The molecule has 1 aliphatic heterocycles. The first-order valence-electron chi connectivity index (χ1n) is 8.62. The molecule has 144 valence electrons. The summed E-state index contributed by atoms with van der Waals surface area (Å²) in [5.74, 6) is -0.983. The van der Waals surface area contributed by atoms with Crippen molar-refractivity contribution in [1.29, 1.82) is 0 Å². The molecule has 1 saturated heterocycles. The van der Waals surface area contributed by atoms with Gasteiger partial charge in [0.15, 0.2) is 9.84 Å². The summed E-state index contributed by atoms with van der Waals surface area (Å²) < 4.78 is 37.5. The number of halogens is 2. The minimum atomic E-state index is -3.61. The molecule has 0 saturated carbocycles. The third kappa shape index (κ3) is 4.78. The fraction of sp³-hybridized carbons (Fsp3) is 0.316. The summed E-state index contributed by atoms with van der Waals surface area (Å²) in [6.45, 7) is 2.31. The SMILES string of the molecule is O=C(CCS(=O)(=O)c1ccc(F)cc1)N1CCN(c2ccccc2Cl)CC1. The molecule has 2 aromatic rings. The molecule has 5 nitrogen and oxygen atoms in total. The van der Waals surface area contributed by atoms with Crippen LogP contribution in [0.2, 0.25) is 5.02 Å². The van der Waals surface area contributed by atoms with Crippen molar-refractivity contribution in [2.75, 3.05) is 36.8 Å². The Balaban J connectivity index is 1.54. The Hall–Kier alpha value is -2.12. The second-order valence-electron chi connectivity index (χ2n) is 6.34. The van der Waals surface area contributed by atoms with Crippen LogP contribution in [0.4, 0.5) is 10.1 Å². The first kappa shape index (κ1) is 19.6. The lowest BCUT2D eigenvalue weighted by molar-refractivity contribution is -0.131. The third-order valence-corrected chi connectivity index (χ3v) is 6.63. The smallest absolute Gasteiger partial charge is 0.223 e. The van der Waals surface area contributed by atoms with E-state index in [0.717, 1.165) is 17.8 Å². The highest BCUT2D eigenvalue weighted by atomic mass is 35.5. The molecule has 1 amide bonds. The second kappa shape index (κ2) is 8.27. The van der Waals surface area contributed by atoms with Crippen LogP contribution in [-0.2, 0) is 14.6 Å². The van der Waals surface area contributed by atoms with Gasteiger partial charge in [-0.25, -0.2) is 12.8 Å². The minimum absolute atomic E-state index is 0.0280. The van der Waals surface area contributed by atoms with Crippen LogP contribution in [0.25, 0.3) is 0 Å². The molecule has 0 atom stereocenters. The minimum Gasteiger partial charge on any atom is -0.367 e. The van der Waals surface area contributed by atoms with E-state index in [1.807, 2.05) is 24.3 Å². The number of hydrogen-bond donors (Lipinski definition) is 0. The van der Waals surface area contributed by atoms with E-state index in [1.165, 1.54) is 12.1 Å². The van der Waals surface area contributed by atoms with Crippen LogP contribution in [0.3, 0.4) is 0 Å². The van der Waals surface area contributed by atoms with Crippen molar-refractivity contribution in [2.24, 2.45) is 0 Å². The molecule has 1 heterocycles. The van der Waals surface area contributed by atoms with E-state index < -0.39 is 15.7 Å². The van der Waals surface area contributed by atoms with E-state index >= 15 is 0 Å². The zero-order valence-electron chi connectivity index (χ0n) is 14.6. The highest BCUT2D eigenvalue weighted by Crippen LogP contribution is 2.26. The predicted molar refractivity (Wildman–Crippen MR) is 103 cm³/mol. The van der Waals surface area contributed by atoms with Crippen LogP contribution < -0.4 is 4.90 Å². The molecule has 1 aliphatic rings. The number of sulfone groups is 1. The Morgan fingerprint density at radius 3 is 2.26 bits per heavy atom. The topological polar surface area (TPSA) is 57.7 Å². The van der Waals surface area contributed by atoms with Gasteiger partial charge in [0.1, 0.15) is 5.82 Å². The number of anilines is 1. The standard InChI is InChI=1S/C19H20ClFN2O3S/c20-17-3-1-2-4-18(17)22-10-12-23(13-11-22)19(24)9-14-27(25,26)16-7-5-15(21)6-8-16/h1-8H,9-14H2. The molecular formula is C19H20ClFN2O3S. The summed E-state index contributed by atoms with van der Waals surface area (Å²) in [6.07, 6.45) is -0.0915. The Morgan fingerprint density at radius 2 is 1.63 bits per heavy atom. The van der Waals surface area contributed by atoms with Gasteiger partial charge in [0.25, 0.3) is 0 Å². The van der Waals surface area contributed by atoms with Crippen LogP contribution in [0.5, 0.6) is 0 Å². The van der Waals surface area contributed by atoms with Gasteiger partial charge in [-0.2, -0.15) is 0 Å². The number of piperazine rings is 1. The molecule has 0 unspecified atom stereocenters. The van der Waals surface area contributed by atoms with Gasteiger partial charge in [0.05, 0.1) is 21.4 Å². The van der Waals surface area contributed by atoms with E-state index in [4.69, 9.17) is 11.6 Å². The summed E-state index contributed by atoms with van der Waals surface area (Å²) in [4.78, 5) is 16.2. The number of benzene rings is 2. The van der Waals surface area contributed by atoms with Crippen LogP contribution in [0.15, 0.2) is 53.4 Å². The molecule has 3 rings (SSSR count).